The minimum atomic E-state index is -0.0855. The summed E-state index contributed by atoms with van der Waals surface area (Å²) in [5.41, 5.74) is 0.972. The van der Waals surface area contributed by atoms with Gasteiger partial charge in [0, 0.05) is 18.2 Å². The molecule has 1 aromatic rings. The molecule has 0 aromatic heterocycles. The molecule has 1 aromatic carbocycles. The average molecular weight is 271 g/mol. The zero-order chi connectivity index (χ0) is 14.6. The van der Waals surface area contributed by atoms with E-state index >= 15 is 0 Å². The zero-order valence-electron chi connectivity index (χ0n) is 12.1. The second-order valence-electron chi connectivity index (χ2n) is 4.72. The summed E-state index contributed by atoms with van der Waals surface area (Å²) in [6.45, 7) is 5.54. The SMILES string of the molecule is CC(C)CNC(=O)/C=C/COCC#Cc1ccccc1. The number of amides is 1. The molecule has 1 amide bonds. The topological polar surface area (TPSA) is 38.3 Å². The standard InChI is InChI=1S/C17H21NO2/c1-15(2)14-18-17(19)11-7-13-20-12-6-10-16-8-4-3-5-9-16/h3-5,7-9,11,15H,12-14H2,1-2H3,(H,18,19)/b11-7+. The third-order valence-corrected chi connectivity index (χ3v) is 2.35. The summed E-state index contributed by atoms with van der Waals surface area (Å²) in [5.74, 6) is 6.29. The summed E-state index contributed by atoms with van der Waals surface area (Å²) in [4.78, 5) is 11.3. The smallest absolute Gasteiger partial charge is 0.243 e. The summed E-state index contributed by atoms with van der Waals surface area (Å²) >= 11 is 0. The Labute approximate surface area is 121 Å². The Bertz CT molecular complexity index is 481. The number of carbonyl (C=O) groups excluding carboxylic acids is 1. The van der Waals surface area contributed by atoms with Crippen LogP contribution in [0.25, 0.3) is 0 Å². The quantitative estimate of drug-likeness (QED) is 0.490. The molecule has 0 unspecified atom stereocenters. The van der Waals surface area contributed by atoms with E-state index in [0.29, 0.717) is 25.7 Å². The number of hydrogen-bond acceptors (Lipinski definition) is 2. The van der Waals surface area contributed by atoms with E-state index in [2.05, 4.69) is 31.0 Å². The molecule has 0 bridgehead atoms. The van der Waals surface area contributed by atoms with Gasteiger partial charge < -0.3 is 10.1 Å². The van der Waals surface area contributed by atoms with Crippen molar-refractivity contribution in [3.8, 4) is 11.8 Å². The molecule has 0 radical (unpaired) electrons. The highest BCUT2D eigenvalue weighted by Gasteiger charge is 1.96. The lowest BCUT2D eigenvalue weighted by atomic mass is 10.2. The summed E-state index contributed by atoms with van der Waals surface area (Å²) in [6.07, 6.45) is 3.19. The molecule has 0 spiro atoms. The average Bonchev–Trinajstić information content (AvgIpc) is 2.45. The molecule has 0 atom stereocenters. The van der Waals surface area contributed by atoms with Crippen LogP contribution in [0.5, 0.6) is 0 Å². The molecule has 0 saturated heterocycles. The second-order valence-corrected chi connectivity index (χ2v) is 4.72. The molecular formula is C17H21NO2. The number of hydrogen-bond donors (Lipinski definition) is 1. The van der Waals surface area contributed by atoms with Crippen molar-refractivity contribution in [2.24, 2.45) is 5.92 Å². The van der Waals surface area contributed by atoms with Crippen LogP contribution in [0.4, 0.5) is 0 Å². The molecule has 0 fully saturated rings. The van der Waals surface area contributed by atoms with Gasteiger partial charge in [-0.25, -0.2) is 0 Å². The fourth-order valence-corrected chi connectivity index (χ4v) is 1.36. The Morgan fingerprint density at radius 2 is 2.10 bits per heavy atom. The van der Waals surface area contributed by atoms with Crippen molar-refractivity contribution in [3.63, 3.8) is 0 Å². The Morgan fingerprint density at radius 1 is 1.35 bits per heavy atom. The van der Waals surface area contributed by atoms with Crippen LogP contribution in [0.3, 0.4) is 0 Å². The summed E-state index contributed by atoms with van der Waals surface area (Å²) < 4.78 is 5.29. The molecule has 3 heteroatoms. The van der Waals surface area contributed by atoms with Crippen molar-refractivity contribution in [2.45, 2.75) is 13.8 Å². The van der Waals surface area contributed by atoms with Crippen LogP contribution in [0, 0.1) is 17.8 Å². The van der Waals surface area contributed by atoms with E-state index in [1.54, 1.807) is 6.08 Å². The number of benzene rings is 1. The van der Waals surface area contributed by atoms with Gasteiger partial charge in [-0.1, -0.05) is 50.0 Å². The van der Waals surface area contributed by atoms with Gasteiger partial charge in [0.15, 0.2) is 0 Å². The molecule has 0 aliphatic rings. The number of rotatable bonds is 6. The number of nitrogens with one attached hydrogen (secondary N) is 1. The first kappa shape index (κ1) is 16.0. The minimum Gasteiger partial charge on any atom is -0.365 e. The summed E-state index contributed by atoms with van der Waals surface area (Å²) in [7, 11) is 0. The third-order valence-electron chi connectivity index (χ3n) is 2.35. The highest BCUT2D eigenvalue weighted by Crippen LogP contribution is 1.94. The van der Waals surface area contributed by atoms with Gasteiger partial charge in [0.2, 0.25) is 5.91 Å². The third kappa shape index (κ3) is 8.12. The highest BCUT2D eigenvalue weighted by atomic mass is 16.5. The molecule has 1 rings (SSSR count). The van der Waals surface area contributed by atoms with Crippen LogP contribution in [-0.4, -0.2) is 25.7 Å². The molecule has 106 valence electrons. The summed E-state index contributed by atoms with van der Waals surface area (Å²) in [6, 6.07) is 9.75. The molecule has 0 saturated carbocycles. The van der Waals surface area contributed by atoms with Gasteiger partial charge in [-0.2, -0.15) is 0 Å². The van der Waals surface area contributed by atoms with Gasteiger partial charge in [-0.3, -0.25) is 4.79 Å². The molecule has 1 N–H and O–H groups in total. The first-order valence-electron chi connectivity index (χ1n) is 6.74. The van der Waals surface area contributed by atoms with Crippen molar-refractivity contribution >= 4 is 5.91 Å². The lowest BCUT2D eigenvalue weighted by molar-refractivity contribution is -0.116. The van der Waals surface area contributed by atoms with E-state index in [4.69, 9.17) is 4.74 Å². The minimum absolute atomic E-state index is 0.0855. The van der Waals surface area contributed by atoms with E-state index in [1.807, 2.05) is 30.3 Å². The van der Waals surface area contributed by atoms with Crippen molar-refractivity contribution in [3.05, 3.63) is 48.0 Å². The Morgan fingerprint density at radius 3 is 2.80 bits per heavy atom. The molecular weight excluding hydrogens is 250 g/mol. The Hall–Kier alpha value is -2.05. The summed E-state index contributed by atoms with van der Waals surface area (Å²) in [5, 5.41) is 2.80. The Balaban J connectivity index is 2.13. The molecule has 3 nitrogen and oxygen atoms in total. The number of ether oxygens (including phenoxy) is 1. The van der Waals surface area contributed by atoms with Crippen molar-refractivity contribution in [2.75, 3.05) is 19.8 Å². The van der Waals surface area contributed by atoms with Crippen LogP contribution in [0.15, 0.2) is 42.5 Å². The second kappa shape index (κ2) is 9.82. The maximum atomic E-state index is 11.3. The van der Waals surface area contributed by atoms with Gasteiger partial charge in [-0.15, -0.1) is 0 Å². The van der Waals surface area contributed by atoms with Gasteiger partial charge in [0.1, 0.15) is 6.61 Å². The lowest BCUT2D eigenvalue weighted by Gasteiger charge is -2.04. The molecule has 0 heterocycles. The van der Waals surface area contributed by atoms with E-state index < -0.39 is 0 Å². The van der Waals surface area contributed by atoms with E-state index in [9.17, 15) is 4.79 Å². The van der Waals surface area contributed by atoms with Gasteiger partial charge in [0.25, 0.3) is 0 Å². The van der Waals surface area contributed by atoms with Gasteiger partial charge >= 0.3 is 0 Å². The predicted octanol–water partition coefficient (Wildman–Crippen LogP) is 2.38. The first-order chi connectivity index (χ1) is 9.68. The fourth-order valence-electron chi connectivity index (χ4n) is 1.36. The van der Waals surface area contributed by atoms with Gasteiger partial charge in [-0.05, 0) is 18.1 Å². The predicted molar refractivity (Wildman–Crippen MR) is 81.1 cm³/mol. The largest absolute Gasteiger partial charge is 0.365 e. The Kier molecular flexibility index (Phi) is 7.86. The normalized spacial score (nSPS) is 10.3. The van der Waals surface area contributed by atoms with E-state index in [0.717, 1.165) is 5.56 Å². The van der Waals surface area contributed by atoms with E-state index in [-0.39, 0.29) is 5.91 Å². The molecule has 0 aliphatic carbocycles. The highest BCUT2D eigenvalue weighted by molar-refractivity contribution is 5.87. The van der Waals surface area contributed by atoms with Crippen LogP contribution in [-0.2, 0) is 9.53 Å². The van der Waals surface area contributed by atoms with Gasteiger partial charge in [0.05, 0.1) is 6.61 Å². The molecule has 0 aliphatic heterocycles. The maximum absolute atomic E-state index is 11.3. The maximum Gasteiger partial charge on any atom is 0.243 e. The van der Waals surface area contributed by atoms with Crippen molar-refractivity contribution in [1.29, 1.82) is 0 Å². The monoisotopic (exact) mass is 271 g/mol. The zero-order valence-corrected chi connectivity index (χ0v) is 12.1. The molecule has 20 heavy (non-hydrogen) atoms. The van der Waals surface area contributed by atoms with Crippen molar-refractivity contribution in [1.82, 2.24) is 5.32 Å². The van der Waals surface area contributed by atoms with Crippen LogP contribution >= 0.6 is 0 Å². The fraction of sp³-hybridized carbons (Fsp3) is 0.353. The van der Waals surface area contributed by atoms with Crippen molar-refractivity contribution < 1.29 is 9.53 Å². The lowest BCUT2D eigenvalue weighted by Crippen LogP contribution is -2.25. The first-order valence-corrected chi connectivity index (χ1v) is 6.74. The number of carbonyl (C=O) groups is 1. The van der Waals surface area contributed by atoms with Crippen LogP contribution < -0.4 is 5.32 Å². The van der Waals surface area contributed by atoms with E-state index in [1.165, 1.54) is 6.08 Å². The van der Waals surface area contributed by atoms with Crippen LogP contribution in [0.1, 0.15) is 19.4 Å². The van der Waals surface area contributed by atoms with Crippen LogP contribution in [0.2, 0.25) is 0 Å².